The zero-order valence-electron chi connectivity index (χ0n) is 18.0. The predicted molar refractivity (Wildman–Crippen MR) is 116 cm³/mol. The van der Waals surface area contributed by atoms with E-state index in [4.69, 9.17) is 9.47 Å². The van der Waals surface area contributed by atoms with Crippen molar-refractivity contribution in [2.24, 2.45) is 0 Å². The van der Waals surface area contributed by atoms with Gasteiger partial charge in [-0.15, -0.1) is 0 Å². The molecule has 5 rings (SSSR count). The number of amides is 1. The normalized spacial score (nSPS) is 24.8. The van der Waals surface area contributed by atoms with Gasteiger partial charge in [-0.1, -0.05) is 30.3 Å². The van der Waals surface area contributed by atoms with Crippen LogP contribution in [0.25, 0.3) is 0 Å². The van der Waals surface area contributed by atoms with Crippen LogP contribution in [0.15, 0.2) is 36.4 Å². The van der Waals surface area contributed by atoms with E-state index in [1.807, 2.05) is 29.2 Å². The van der Waals surface area contributed by atoms with E-state index in [0.717, 1.165) is 43.4 Å². The third kappa shape index (κ3) is 3.94. The highest BCUT2D eigenvalue weighted by atomic mass is 16.5. The molecule has 1 amide bonds. The molecule has 2 fully saturated rings. The van der Waals surface area contributed by atoms with Gasteiger partial charge in [0.25, 0.3) is 5.91 Å². The predicted octanol–water partition coefficient (Wildman–Crippen LogP) is 3.47. The number of piperidine rings is 1. The summed E-state index contributed by atoms with van der Waals surface area (Å²) in [6, 6.07) is 12.1. The van der Waals surface area contributed by atoms with E-state index in [0.29, 0.717) is 37.4 Å². The molecule has 1 spiro atoms. The molecule has 0 saturated carbocycles. The van der Waals surface area contributed by atoms with Crippen molar-refractivity contribution < 1.29 is 19.4 Å². The lowest BCUT2D eigenvalue weighted by Crippen LogP contribution is -2.52. The standard InChI is InChI=1S/C25H30N2O4/c1-30-23-20(14-18-8-5-9-21(18)26-23)24(29)27-12-10-25(11-13-27)16-19(28)15-22(31-25)17-6-3-2-4-7-17/h2-4,6-7,14,19,22,28H,5,8-13,15-16H2,1H3/t19-,22-/m1/s1. The van der Waals surface area contributed by atoms with Crippen LogP contribution in [0.4, 0.5) is 0 Å². The molecule has 1 aliphatic carbocycles. The second kappa shape index (κ2) is 8.24. The van der Waals surface area contributed by atoms with Crippen LogP contribution in [-0.2, 0) is 17.6 Å². The lowest BCUT2D eigenvalue weighted by molar-refractivity contribution is -0.181. The zero-order valence-corrected chi connectivity index (χ0v) is 18.0. The first-order valence-electron chi connectivity index (χ1n) is 11.3. The number of benzene rings is 1. The van der Waals surface area contributed by atoms with Gasteiger partial charge in [0.05, 0.1) is 24.9 Å². The first-order chi connectivity index (χ1) is 15.1. The number of rotatable bonds is 3. The number of ether oxygens (including phenoxy) is 2. The Hall–Kier alpha value is -2.44. The molecule has 0 unspecified atom stereocenters. The summed E-state index contributed by atoms with van der Waals surface area (Å²) in [7, 11) is 1.58. The third-order valence-corrected chi connectivity index (χ3v) is 7.06. The van der Waals surface area contributed by atoms with Gasteiger partial charge < -0.3 is 19.5 Å². The van der Waals surface area contributed by atoms with Gasteiger partial charge in [-0.3, -0.25) is 4.79 Å². The highest BCUT2D eigenvalue weighted by molar-refractivity contribution is 5.96. The summed E-state index contributed by atoms with van der Waals surface area (Å²) in [5.41, 5.74) is 3.51. The largest absolute Gasteiger partial charge is 0.480 e. The van der Waals surface area contributed by atoms with Crippen LogP contribution in [0.5, 0.6) is 5.88 Å². The summed E-state index contributed by atoms with van der Waals surface area (Å²) in [6.45, 7) is 1.21. The van der Waals surface area contributed by atoms with Crippen molar-refractivity contribution in [2.75, 3.05) is 20.2 Å². The fraction of sp³-hybridized carbons (Fsp3) is 0.520. The van der Waals surface area contributed by atoms with Crippen molar-refractivity contribution in [1.29, 1.82) is 0 Å². The van der Waals surface area contributed by atoms with Crippen LogP contribution in [0.1, 0.15) is 65.4 Å². The average Bonchev–Trinajstić information content (AvgIpc) is 3.26. The molecule has 3 heterocycles. The Morgan fingerprint density at radius 1 is 1.23 bits per heavy atom. The van der Waals surface area contributed by atoms with Crippen molar-refractivity contribution in [3.8, 4) is 5.88 Å². The number of pyridine rings is 1. The second-order valence-electron chi connectivity index (χ2n) is 9.09. The number of carbonyl (C=O) groups is 1. The smallest absolute Gasteiger partial charge is 0.259 e. The molecule has 1 N–H and O–H groups in total. The van der Waals surface area contributed by atoms with Gasteiger partial charge in [0, 0.05) is 31.6 Å². The summed E-state index contributed by atoms with van der Waals surface area (Å²) in [4.78, 5) is 19.8. The minimum absolute atomic E-state index is 0.0233. The number of aromatic nitrogens is 1. The van der Waals surface area contributed by atoms with Crippen molar-refractivity contribution in [2.45, 2.75) is 62.8 Å². The van der Waals surface area contributed by atoms with Crippen molar-refractivity contribution in [1.82, 2.24) is 9.88 Å². The molecule has 0 bridgehead atoms. The maximum atomic E-state index is 13.3. The SMILES string of the molecule is COc1nc2c(cc1C(=O)N1CCC3(CC1)C[C@H](O)C[C@H](c1ccccc1)O3)CCC2. The first kappa shape index (κ1) is 20.5. The monoisotopic (exact) mass is 422 g/mol. The molecule has 164 valence electrons. The number of hydrogen-bond acceptors (Lipinski definition) is 5. The summed E-state index contributed by atoms with van der Waals surface area (Å²) < 4.78 is 12.0. The van der Waals surface area contributed by atoms with Gasteiger partial charge in [0.1, 0.15) is 5.56 Å². The van der Waals surface area contributed by atoms with Crippen molar-refractivity contribution in [3.05, 3.63) is 58.8 Å². The molecular weight excluding hydrogens is 392 g/mol. The Bertz CT molecular complexity index is 953. The van der Waals surface area contributed by atoms with Gasteiger partial charge in [0.15, 0.2) is 0 Å². The van der Waals surface area contributed by atoms with E-state index in [1.165, 1.54) is 5.56 Å². The quantitative estimate of drug-likeness (QED) is 0.820. The minimum Gasteiger partial charge on any atom is -0.480 e. The third-order valence-electron chi connectivity index (χ3n) is 7.06. The molecule has 3 aliphatic rings. The number of methoxy groups -OCH3 is 1. The number of aliphatic hydroxyl groups excluding tert-OH is 1. The number of fused-ring (bicyclic) bond motifs is 1. The van der Waals surface area contributed by atoms with Crippen LogP contribution in [0.3, 0.4) is 0 Å². The lowest BCUT2D eigenvalue weighted by Gasteiger charge is -2.48. The molecule has 6 heteroatoms. The highest BCUT2D eigenvalue weighted by Crippen LogP contribution is 2.43. The van der Waals surface area contributed by atoms with E-state index in [1.54, 1.807) is 7.11 Å². The average molecular weight is 423 g/mol. The van der Waals surface area contributed by atoms with Crippen LogP contribution >= 0.6 is 0 Å². The zero-order chi connectivity index (χ0) is 21.4. The summed E-state index contributed by atoms with van der Waals surface area (Å²) in [5.74, 6) is 0.407. The number of aryl methyl sites for hydroxylation is 2. The van der Waals surface area contributed by atoms with Crippen LogP contribution in [-0.4, -0.2) is 52.8 Å². The number of hydrogen-bond donors (Lipinski definition) is 1. The first-order valence-corrected chi connectivity index (χ1v) is 11.3. The van der Waals surface area contributed by atoms with Crippen molar-refractivity contribution in [3.63, 3.8) is 0 Å². The maximum Gasteiger partial charge on any atom is 0.259 e. The van der Waals surface area contributed by atoms with Crippen LogP contribution in [0, 0.1) is 0 Å². The Labute approximate surface area is 183 Å². The van der Waals surface area contributed by atoms with Gasteiger partial charge in [0.2, 0.25) is 5.88 Å². The second-order valence-corrected chi connectivity index (χ2v) is 9.09. The van der Waals surface area contributed by atoms with Gasteiger partial charge >= 0.3 is 0 Å². The number of aliphatic hydroxyl groups is 1. The molecule has 2 atom stereocenters. The molecule has 6 nitrogen and oxygen atoms in total. The molecule has 2 aromatic rings. The van der Waals surface area contributed by atoms with E-state index in [9.17, 15) is 9.90 Å². The Kier molecular flexibility index (Phi) is 5.44. The van der Waals surface area contributed by atoms with E-state index < -0.39 is 0 Å². The Morgan fingerprint density at radius 2 is 2.00 bits per heavy atom. The maximum absolute atomic E-state index is 13.3. The van der Waals surface area contributed by atoms with Crippen LogP contribution in [0.2, 0.25) is 0 Å². The fourth-order valence-corrected chi connectivity index (χ4v) is 5.40. The molecule has 1 aromatic heterocycles. The van der Waals surface area contributed by atoms with Crippen molar-refractivity contribution >= 4 is 5.91 Å². The molecular formula is C25H30N2O4. The van der Waals surface area contributed by atoms with E-state index >= 15 is 0 Å². The minimum atomic E-state index is -0.387. The Balaban J connectivity index is 1.30. The van der Waals surface area contributed by atoms with Crippen LogP contribution < -0.4 is 4.74 Å². The number of likely N-dealkylation sites (tertiary alicyclic amines) is 1. The van der Waals surface area contributed by atoms with Gasteiger partial charge in [-0.2, -0.15) is 0 Å². The fourth-order valence-electron chi connectivity index (χ4n) is 5.40. The topological polar surface area (TPSA) is 71.9 Å². The molecule has 2 saturated heterocycles. The molecule has 1 aromatic carbocycles. The summed E-state index contributed by atoms with van der Waals surface area (Å²) in [6.07, 6.45) is 5.21. The van der Waals surface area contributed by atoms with E-state index in [-0.39, 0.29) is 23.7 Å². The molecule has 2 aliphatic heterocycles. The highest BCUT2D eigenvalue weighted by Gasteiger charge is 2.44. The van der Waals surface area contributed by atoms with Gasteiger partial charge in [-0.25, -0.2) is 4.98 Å². The van der Waals surface area contributed by atoms with E-state index in [2.05, 4.69) is 17.1 Å². The van der Waals surface area contributed by atoms with Gasteiger partial charge in [-0.05, 0) is 49.3 Å². The number of nitrogens with zero attached hydrogens (tertiary/aromatic N) is 2. The lowest BCUT2D eigenvalue weighted by atomic mass is 9.81. The number of carbonyl (C=O) groups excluding carboxylic acids is 1. The Morgan fingerprint density at radius 3 is 2.74 bits per heavy atom. The summed E-state index contributed by atoms with van der Waals surface area (Å²) in [5, 5.41) is 10.6. The molecule has 0 radical (unpaired) electrons. The molecule has 31 heavy (non-hydrogen) atoms. The summed E-state index contributed by atoms with van der Waals surface area (Å²) >= 11 is 0.